The van der Waals surface area contributed by atoms with Crippen LogP contribution in [0, 0.1) is 5.92 Å². The maximum atomic E-state index is 13.2. The maximum absolute atomic E-state index is 13.2. The number of carbonyl (C=O) groups excluding carboxylic acids is 1. The highest BCUT2D eigenvalue weighted by molar-refractivity contribution is 8.00. The van der Waals surface area contributed by atoms with Gasteiger partial charge in [0, 0.05) is 19.6 Å². The van der Waals surface area contributed by atoms with Crippen LogP contribution in [0.5, 0.6) is 0 Å². The summed E-state index contributed by atoms with van der Waals surface area (Å²) in [5, 5.41) is 0.938. The Morgan fingerprint density at radius 2 is 1.77 bits per heavy atom. The van der Waals surface area contributed by atoms with Crippen molar-refractivity contribution in [3.05, 3.63) is 70.0 Å². The van der Waals surface area contributed by atoms with E-state index in [-0.39, 0.29) is 16.7 Å². The van der Waals surface area contributed by atoms with E-state index in [4.69, 9.17) is 4.98 Å². The molecule has 4 rings (SSSR count). The lowest BCUT2D eigenvalue weighted by molar-refractivity contribution is -0.131. The van der Waals surface area contributed by atoms with Gasteiger partial charge in [0.25, 0.3) is 5.56 Å². The van der Waals surface area contributed by atoms with Gasteiger partial charge in [-0.3, -0.25) is 14.2 Å². The van der Waals surface area contributed by atoms with Crippen LogP contribution in [0.2, 0.25) is 0 Å². The summed E-state index contributed by atoms with van der Waals surface area (Å²) in [4.78, 5) is 33.1. The van der Waals surface area contributed by atoms with Crippen LogP contribution in [0.25, 0.3) is 10.9 Å². The number of aromatic nitrogens is 2. The van der Waals surface area contributed by atoms with Crippen molar-refractivity contribution in [1.29, 1.82) is 0 Å². The van der Waals surface area contributed by atoms with Crippen molar-refractivity contribution in [2.75, 3.05) is 6.54 Å². The lowest BCUT2D eigenvalue weighted by atomic mass is 10.00. The van der Waals surface area contributed by atoms with Gasteiger partial charge in [0.15, 0.2) is 5.16 Å². The van der Waals surface area contributed by atoms with Crippen LogP contribution in [0.1, 0.15) is 38.3 Å². The third-order valence-electron chi connectivity index (χ3n) is 5.83. The quantitative estimate of drug-likeness (QED) is 0.422. The van der Waals surface area contributed by atoms with E-state index >= 15 is 0 Å². The molecule has 0 radical (unpaired) electrons. The second-order valence-corrected chi connectivity index (χ2v) is 9.90. The SMILES string of the molecule is CC(C)CCn1c(SC(C)C(=O)N2CCc3ccccc3C2)nc2ccccc2c1=O. The zero-order valence-electron chi connectivity index (χ0n) is 18.4. The molecular formula is C25H29N3O2S. The number of hydrogen-bond donors (Lipinski definition) is 0. The van der Waals surface area contributed by atoms with Gasteiger partial charge in [0.05, 0.1) is 16.2 Å². The van der Waals surface area contributed by atoms with Crippen LogP contribution in [0.3, 0.4) is 0 Å². The number of para-hydroxylation sites is 1. The van der Waals surface area contributed by atoms with E-state index in [2.05, 4.69) is 32.0 Å². The first-order chi connectivity index (χ1) is 14.9. The number of hydrogen-bond acceptors (Lipinski definition) is 4. The zero-order chi connectivity index (χ0) is 22.0. The fraction of sp³-hybridized carbons (Fsp3) is 0.400. The second kappa shape index (κ2) is 9.27. The Morgan fingerprint density at radius 3 is 2.55 bits per heavy atom. The summed E-state index contributed by atoms with van der Waals surface area (Å²) in [5.41, 5.74) is 3.20. The molecule has 2 aromatic carbocycles. The first kappa shape index (κ1) is 21.6. The fourth-order valence-electron chi connectivity index (χ4n) is 3.97. The highest BCUT2D eigenvalue weighted by Gasteiger charge is 2.26. The van der Waals surface area contributed by atoms with Crippen LogP contribution in [-0.2, 0) is 24.3 Å². The number of rotatable bonds is 6. The summed E-state index contributed by atoms with van der Waals surface area (Å²) in [6.45, 7) is 8.19. The highest BCUT2D eigenvalue weighted by Crippen LogP contribution is 2.27. The van der Waals surface area contributed by atoms with Crippen LogP contribution < -0.4 is 5.56 Å². The molecule has 0 saturated carbocycles. The van der Waals surface area contributed by atoms with E-state index in [9.17, 15) is 9.59 Å². The summed E-state index contributed by atoms with van der Waals surface area (Å²) in [5.74, 6) is 0.570. The van der Waals surface area contributed by atoms with Gasteiger partial charge in [-0.05, 0) is 48.9 Å². The molecule has 0 aliphatic carbocycles. The van der Waals surface area contributed by atoms with Gasteiger partial charge in [-0.1, -0.05) is 62.0 Å². The number of thioether (sulfide) groups is 1. The van der Waals surface area contributed by atoms with Gasteiger partial charge >= 0.3 is 0 Å². The Kier molecular flexibility index (Phi) is 6.46. The molecule has 6 heteroatoms. The fourth-order valence-corrected chi connectivity index (χ4v) is 4.99. The summed E-state index contributed by atoms with van der Waals surface area (Å²) in [6, 6.07) is 15.8. The molecule has 0 bridgehead atoms. The maximum Gasteiger partial charge on any atom is 0.262 e. The summed E-state index contributed by atoms with van der Waals surface area (Å²) < 4.78 is 1.75. The Bertz CT molecular complexity index is 1150. The number of fused-ring (bicyclic) bond motifs is 2. The Labute approximate surface area is 187 Å². The molecule has 1 amide bonds. The first-order valence-corrected chi connectivity index (χ1v) is 11.8. The molecular weight excluding hydrogens is 406 g/mol. The highest BCUT2D eigenvalue weighted by atomic mass is 32.2. The van der Waals surface area contributed by atoms with Crippen LogP contribution in [0.15, 0.2) is 58.5 Å². The Hall–Kier alpha value is -2.60. The lowest BCUT2D eigenvalue weighted by Crippen LogP contribution is -2.40. The van der Waals surface area contributed by atoms with E-state index in [1.165, 1.54) is 22.9 Å². The van der Waals surface area contributed by atoms with E-state index in [0.717, 1.165) is 19.4 Å². The average Bonchev–Trinajstić information content (AvgIpc) is 2.77. The molecule has 1 aliphatic rings. The van der Waals surface area contributed by atoms with Crippen molar-refractivity contribution < 1.29 is 4.79 Å². The minimum absolute atomic E-state index is 0.0275. The molecule has 162 valence electrons. The van der Waals surface area contributed by atoms with Gasteiger partial charge in [-0.25, -0.2) is 4.98 Å². The standard InChI is InChI=1S/C25H29N3O2S/c1-17(2)12-15-28-24(30)21-10-6-7-11-22(21)26-25(28)31-18(3)23(29)27-14-13-19-8-4-5-9-20(19)16-27/h4-11,17-18H,12-16H2,1-3H3. The van der Waals surface area contributed by atoms with Crippen molar-refractivity contribution in [1.82, 2.24) is 14.5 Å². The van der Waals surface area contributed by atoms with Crippen molar-refractivity contribution in [3.8, 4) is 0 Å². The largest absolute Gasteiger partial charge is 0.337 e. The number of carbonyl (C=O) groups is 1. The van der Waals surface area contributed by atoms with Gasteiger partial charge in [-0.15, -0.1) is 0 Å². The topological polar surface area (TPSA) is 55.2 Å². The molecule has 0 N–H and O–H groups in total. The molecule has 5 nitrogen and oxygen atoms in total. The lowest BCUT2D eigenvalue weighted by Gasteiger charge is -2.30. The van der Waals surface area contributed by atoms with E-state index in [0.29, 0.717) is 35.1 Å². The predicted molar refractivity (Wildman–Crippen MR) is 126 cm³/mol. The van der Waals surface area contributed by atoms with Gasteiger partial charge in [0.1, 0.15) is 0 Å². The molecule has 1 atom stereocenters. The average molecular weight is 436 g/mol. The summed E-state index contributed by atoms with van der Waals surface area (Å²) in [7, 11) is 0. The van der Waals surface area contributed by atoms with Crippen molar-refractivity contribution in [3.63, 3.8) is 0 Å². The summed E-state index contributed by atoms with van der Waals surface area (Å²) >= 11 is 1.39. The Morgan fingerprint density at radius 1 is 1.06 bits per heavy atom. The predicted octanol–water partition coefficient (Wildman–Crippen LogP) is 4.51. The van der Waals surface area contributed by atoms with E-state index in [1.807, 2.05) is 42.2 Å². The smallest absolute Gasteiger partial charge is 0.262 e. The van der Waals surface area contributed by atoms with Crippen molar-refractivity contribution >= 4 is 28.6 Å². The van der Waals surface area contributed by atoms with Gasteiger partial charge in [-0.2, -0.15) is 0 Å². The molecule has 0 spiro atoms. The molecule has 0 fully saturated rings. The first-order valence-electron chi connectivity index (χ1n) is 11.0. The Balaban J connectivity index is 1.59. The molecule has 3 aromatic rings. The monoisotopic (exact) mass is 435 g/mol. The van der Waals surface area contributed by atoms with Crippen molar-refractivity contribution in [2.45, 2.75) is 57.1 Å². The van der Waals surface area contributed by atoms with Crippen LogP contribution in [0.4, 0.5) is 0 Å². The molecule has 2 heterocycles. The van der Waals surface area contributed by atoms with Gasteiger partial charge in [0.2, 0.25) is 5.91 Å². The molecule has 1 aromatic heterocycles. The third-order valence-corrected chi connectivity index (χ3v) is 6.91. The minimum atomic E-state index is -0.316. The number of nitrogens with zero attached hydrogens (tertiary/aromatic N) is 3. The summed E-state index contributed by atoms with van der Waals surface area (Å²) in [6.07, 6.45) is 1.77. The van der Waals surface area contributed by atoms with E-state index in [1.54, 1.807) is 4.57 Å². The molecule has 1 unspecified atom stereocenters. The second-order valence-electron chi connectivity index (χ2n) is 8.59. The van der Waals surface area contributed by atoms with Crippen LogP contribution >= 0.6 is 11.8 Å². The van der Waals surface area contributed by atoms with E-state index < -0.39 is 0 Å². The number of amides is 1. The van der Waals surface area contributed by atoms with Crippen LogP contribution in [-0.4, -0.2) is 32.2 Å². The molecule has 1 aliphatic heterocycles. The number of benzene rings is 2. The molecule has 0 saturated heterocycles. The zero-order valence-corrected chi connectivity index (χ0v) is 19.2. The van der Waals surface area contributed by atoms with Gasteiger partial charge < -0.3 is 4.90 Å². The van der Waals surface area contributed by atoms with Crippen molar-refractivity contribution in [2.24, 2.45) is 5.92 Å². The molecule has 31 heavy (non-hydrogen) atoms. The third kappa shape index (κ3) is 4.69. The minimum Gasteiger partial charge on any atom is -0.337 e. The normalized spacial score (nSPS) is 14.6.